The number of aryl methyl sites for hydroxylation is 2. The Balaban J connectivity index is 1.84. The van der Waals surface area contributed by atoms with Gasteiger partial charge in [0.25, 0.3) is 0 Å². The third-order valence-electron chi connectivity index (χ3n) is 5.07. The zero-order valence-electron chi connectivity index (χ0n) is 16.3. The molecule has 1 aromatic rings. The van der Waals surface area contributed by atoms with Gasteiger partial charge in [0.1, 0.15) is 0 Å². The lowest BCUT2D eigenvalue weighted by atomic mass is 9.67. The Morgan fingerprint density at radius 2 is 2.12 bits per heavy atom. The Hall–Kier alpha value is -1.14. The van der Waals surface area contributed by atoms with E-state index in [0.717, 1.165) is 51.5 Å². The Kier molecular flexibility index (Phi) is 8.16. The van der Waals surface area contributed by atoms with Gasteiger partial charge >= 0.3 is 0 Å². The molecule has 1 aromatic heterocycles. The number of nitrogens with zero attached hydrogens (tertiary/aromatic N) is 2. The molecule has 142 valence electrons. The van der Waals surface area contributed by atoms with Crippen molar-refractivity contribution in [2.45, 2.75) is 59.3 Å². The van der Waals surface area contributed by atoms with Crippen molar-refractivity contribution < 1.29 is 4.74 Å². The summed E-state index contributed by atoms with van der Waals surface area (Å²) in [4.78, 5) is 10.9. The molecule has 0 unspecified atom stereocenters. The summed E-state index contributed by atoms with van der Waals surface area (Å²) in [6.07, 6.45) is 6.96. The van der Waals surface area contributed by atoms with Crippen LogP contribution in [0.4, 0.5) is 0 Å². The van der Waals surface area contributed by atoms with Gasteiger partial charge in [0.05, 0.1) is 10.7 Å². The number of ether oxygens (including phenoxy) is 1. The van der Waals surface area contributed by atoms with Gasteiger partial charge in [0.15, 0.2) is 5.96 Å². The second-order valence-corrected chi connectivity index (χ2v) is 8.22. The molecule has 0 bridgehead atoms. The number of hydrogen-bond donors (Lipinski definition) is 2. The van der Waals surface area contributed by atoms with Gasteiger partial charge in [0.2, 0.25) is 0 Å². The molecule has 1 aliphatic rings. The van der Waals surface area contributed by atoms with E-state index in [1.165, 1.54) is 34.8 Å². The monoisotopic (exact) mass is 366 g/mol. The van der Waals surface area contributed by atoms with Crippen LogP contribution in [0.2, 0.25) is 0 Å². The van der Waals surface area contributed by atoms with E-state index < -0.39 is 0 Å². The Bertz CT molecular complexity index is 552. The first-order valence-electron chi connectivity index (χ1n) is 9.58. The Morgan fingerprint density at radius 1 is 1.32 bits per heavy atom. The average molecular weight is 367 g/mol. The first kappa shape index (κ1) is 20.2. The van der Waals surface area contributed by atoms with Gasteiger partial charge in [-0.3, -0.25) is 4.99 Å². The summed E-state index contributed by atoms with van der Waals surface area (Å²) in [6.45, 7) is 9.92. The minimum atomic E-state index is 0.362. The van der Waals surface area contributed by atoms with E-state index in [1.54, 1.807) is 7.11 Å². The molecule has 2 N–H and O–H groups in total. The van der Waals surface area contributed by atoms with E-state index in [9.17, 15) is 0 Å². The minimum Gasteiger partial charge on any atom is -0.385 e. The molecule has 0 amide bonds. The van der Waals surface area contributed by atoms with Crippen molar-refractivity contribution in [1.29, 1.82) is 0 Å². The van der Waals surface area contributed by atoms with Gasteiger partial charge in [-0.15, -0.1) is 11.3 Å². The van der Waals surface area contributed by atoms with Crippen molar-refractivity contribution >= 4 is 17.3 Å². The van der Waals surface area contributed by atoms with Crippen LogP contribution in [-0.2, 0) is 17.6 Å². The standard InChI is InChI=1S/C19H34N4OS/c1-5-16-15(3)25-17(23-16)8-12-21-18(20-6-2)22-14-19(9-7-10-19)11-13-24-4/h5-14H2,1-4H3,(H2,20,21,22). The van der Waals surface area contributed by atoms with Crippen LogP contribution in [0.5, 0.6) is 0 Å². The molecule has 1 saturated carbocycles. The lowest BCUT2D eigenvalue weighted by Crippen LogP contribution is -2.41. The largest absolute Gasteiger partial charge is 0.385 e. The summed E-state index contributed by atoms with van der Waals surface area (Å²) < 4.78 is 5.28. The van der Waals surface area contributed by atoms with Crippen molar-refractivity contribution in [3.05, 3.63) is 15.6 Å². The van der Waals surface area contributed by atoms with Crippen molar-refractivity contribution in [2.75, 3.05) is 33.4 Å². The highest BCUT2D eigenvalue weighted by atomic mass is 32.1. The molecule has 0 aliphatic heterocycles. The van der Waals surface area contributed by atoms with Gasteiger partial charge in [0, 0.05) is 44.6 Å². The fraction of sp³-hybridized carbons (Fsp3) is 0.789. The average Bonchev–Trinajstić information content (AvgIpc) is 2.93. The minimum absolute atomic E-state index is 0.362. The van der Waals surface area contributed by atoms with Gasteiger partial charge in [-0.2, -0.15) is 0 Å². The normalized spacial score (nSPS) is 16.6. The second kappa shape index (κ2) is 10.1. The highest BCUT2D eigenvalue weighted by molar-refractivity contribution is 7.11. The fourth-order valence-electron chi connectivity index (χ4n) is 3.28. The number of thiazole rings is 1. The van der Waals surface area contributed by atoms with Gasteiger partial charge < -0.3 is 15.4 Å². The molecule has 1 fully saturated rings. The molecule has 2 rings (SSSR count). The molecule has 6 heteroatoms. The molecule has 0 saturated heterocycles. The molecular weight excluding hydrogens is 332 g/mol. The highest BCUT2D eigenvalue weighted by Crippen LogP contribution is 2.44. The van der Waals surface area contributed by atoms with Crippen molar-refractivity contribution in [3.8, 4) is 0 Å². The lowest BCUT2D eigenvalue weighted by Gasteiger charge is -2.40. The molecule has 1 aliphatic carbocycles. The van der Waals surface area contributed by atoms with Crippen LogP contribution in [0, 0.1) is 12.3 Å². The van der Waals surface area contributed by atoms with E-state index in [4.69, 9.17) is 14.7 Å². The van der Waals surface area contributed by atoms with Crippen LogP contribution in [-0.4, -0.2) is 44.3 Å². The topological polar surface area (TPSA) is 58.5 Å². The fourth-order valence-corrected chi connectivity index (χ4v) is 4.30. The van der Waals surface area contributed by atoms with Crippen LogP contribution in [0.25, 0.3) is 0 Å². The van der Waals surface area contributed by atoms with Crippen LogP contribution in [0.1, 0.15) is 55.1 Å². The summed E-state index contributed by atoms with van der Waals surface area (Å²) in [7, 11) is 1.78. The van der Waals surface area contributed by atoms with E-state index in [-0.39, 0.29) is 0 Å². The van der Waals surface area contributed by atoms with Crippen molar-refractivity contribution in [1.82, 2.24) is 15.6 Å². The van der Waals surface area contributed by atoms with Crippen LogP contribution in [0.15, 0.2) is 4.99 Å². The smallest absolute Gasteiger partial charge is 0.191 e. The SMILES string of the molecule is CCNC(=NCC1(CCOC)CCC1)NCCc1nc(CC)c(C)s1. The Labute approximate surface area is 156 Å². The molecule has 5 nitrogen and oxygen atoms in total. The van der Waals surface area contributed by atoms with E-state index >= 15 is 0 Å². The highest BCUT2D eigenvalue weighted by Gasteiger charge is 2.36. The zero-order chi connectivity index (χ0) is 18.1. The second-order valence-electron chi connectivity index (χ2n) is 6.93. The number of rotatable bonds is 10. The number of guanidine groups is 1. The molecule has 1 heterocycles. The third kappa shape index (κ3) is 5.96. The van der Waals surface area contributed by atoms with Gasteiger partial charge in [-0.05, 0) is 44.9 Å². The summed E-state index contributed by atoms with van der Waals surface area (Å²) in [6, 6.07) is 0. The maximum absolute atomic E-state index is 5.28. The van der Waals surface area contributed by atoms with Crippen molar-refractivity contribution in [3.63, 3.8) is 0 Å². The number of methoxy groups -OCH3 is 1. The number of aromatic nitrogens is 1. The first-order valence-corrected chi connectivity index (χ1v) is 10.4. The summed E-state index contributed by atoms with van der Waals surface area (Å²) >= 11 is 1.82. The quantitative estimate of drug-likeness (QED) is 0.493. The molecule has 25 heavy (non-hydrogen) atoms. The zero-order valence-corrected chi connectivity index (χ0v) is 17.1. The first-order chi connectivity index (χ1) is 12.1. The Morgan fingerprint density at radius 3 is 2.68 bits per heavy atom. The molecular formula is C19H34N4OS. The van der Waals surface area contributed by atoms with Crippen LogP contribution < -0.4 is 10.6 Å². The molecule has 0 radical (unpaired) electrons. The number of nitrogens with one attached hydrogen (secondary N) is 2. The maximum Gasteiger partial charge on any atom is 0.191 e. The number of hydrogen-bond acceptors (Lipinski definition) is 4. The van der Waals surface area contributed by atoms with E-state index in [0.29, 0.717) is 5.41 Å². The number of aliphatic imine (C=N–C) groups is 1. The van der Waals surface area contributed by atoms with E-state index in [1.807, 2.05) is 11.3 Å². The summed E-state index contributed by atoms with van der Waals surface area (Å²) in [5, 5.41) is 8.05. The van der Waals surface area contributed by atoms with Gasteiger partial charge in [-0.1, -0.05) is 13.3 Å². The molecule has 0 aromatic carbocycles. The van der Waals surface area contributed by atoms with E-state index in [2.05, 4.69) is 31.4 Å². The molecule has 0 spiro atoms. The van der Waals surface area contributed by atoms with Crippen molar-refractivity contribution in [2.24, 2.45) is 10.4 Å². The summed E-state index contributed by atoms with van der Waals surface area (Å²) in [5.74, 6) is 0.926. The maximum atomic E-state index is 5.28. The summed E-state index contributed by atoms with van der Waals surface area (Å²) in [5.41, 5.74) is 1.60. The van der Waals surface area contributed by atoms with Gasteiger partial charge in [-0.25, -0.2) is 4.98 Å². The van der Waals surface area contributed by atoms with Crippen LogP contribution >= 0.6 is 11.3 Å². The molecule has 0 atom stereocenters. The van der Waals surface area contributed by atoms with Crippen LogP contribution in [0.3, 0.4) is 0 Å². The predicted molar refractivity (Wildman–Crippen MR) is 107 cm³/mol. The predicted octanol–water partition coefficient (Wildman–Crippen LogP) is 3.32. The lowest BCUT2D eigenvalue weighted by molar-refractivity contribution is 0.0778. The third-order valence-corrected chi connectivity index (χ3v) is 6.14.